The fourth-order valence-electron chi connectivity index (χ4n) is 3.24. The SMILES string of the molecule is CC(=O)Nc1ccc(S(=O)(=O)N[C@@H](C)C(=O)Nc2cccc(Cl)c2N2CCOCC2)cc1. The number of halogens is 1. The average molecular weight is 481 g/mol. The summed E-state index contributed by atoms with van der Waals surface area (Å²) < 4.78 is 33.1. The Kier molecular flexibility index (Phi) is 7.73. The van der Waals surface area contributed by atoms with Gasteiger partial charge in [-0.3, -0.25) is 9.59 Å². The first-order valence-corrected chi connectivity index (χ1v) is 11.9. The van der Waals surface area contributed by atoms with Crippen LogP contribution in [0.2, 0.25) is 5.02 Å². The zero-order valence-electron chi connectivity index (χ0n) is 17.7. The van der Waals surface area contributed by atoms with E-state index in [0.717, 1.165) is 0 Å². The van der Waals surface area contributed by atoms with Crippen molar-refractivity contribution in [2.75, 3.05) is 41.8 Å². The van der Waals surface area contributed by atoms with Crippen LogP contribution in [0.15, 0.2) is 47.4 Å². The Hall–Kier alpha value is -2.66. The molecule has 2 aromatic carbocycles. The number of rotatable bonds is 7. The number of carbonyl (C=O) groups is 2. The van der Waals surface area contributed by atoms with Crippen LogP contribution >= 0.6 is 11.6 Å². The number of nitrogens with one attached hydrogen (secondary N) is 3. The van der Waals surface area contributed by atoms with Crippen LogP contribution in [0.5, 0.6) is 0 Å². The second-order valence-electron chi connectivity index (χ2n) is 7.27. The van der Waals surface area contributed by atoms with E-state index in [1.807, 2.05) is 4.90 Å². The molecule has 32 heavy (non-hydrogen) atoms. The molecule has 0 bridgehead atoms. The molecular weight excluding hydrogens is 456 g/mol. The molecule has 0 radical (unpaired) electrons. The van der Waals surface area contributed by atoms with Gasteiger partial charge in [0.2, 0.25) is 21.8 Å². The molecule has 0 saturated carbocycles. The van der Waals surface area contributed by atoms with Crippen LogP contribution in [0, 0.1) is 0 Å². The second kappa shape index (κ2) is 10.3. The molecule has 11 heteroatoms. The van der Waals surface area contributed by atoms with Crippen LogP contribution in [0.4, 0.5) is 17.1 Å². The number of morpholine rings is 1. The number of anilines is 3. The second-order valence-corrected chi connectivity index (χ2v) is 9.39. The van der Waals surface area contributed by atoms with E-state index in [2.05, 4.69) is 15.4 Å². The lowest BCUT2D eigenvalue weighted by Crippen LogP contribution is -2.42. The highest BCUT2D eigenvalue weighted by molar-refractivity contribution is 7.89. The molecule has 3 rings (SSSR count). The van der Waals surface area contributed by atoms with Crippen molar-refractivity contribution < 1.29 is 22.7 Å². The van der Waals surface area contributed by atoms with E-state index >= 15 is 0 Å². The van der Waals surface area contributed by atoms with Crippen LogP contribution in [0.1, 0.15) is 13.8 Å². The Bertz CT molecular complexity index is 1090. The summed E-state index contributed by atoms with van der Waals surface area (Å²) in [6, 6.07) is 9.77. The van der Waals surface area contributed by atoms with Crippen LogP contribution < -0.4 is 20.3 Å². The highest BCUT2D eigenvalue weighted by Crippen LogP contribution is 2.34. The van der Waals surface area contributed by atoms with Crippen molar-refractivity contribution in [1.82, 2.24) is 4.72 Å². The first-order chi connectivity index (χ1) is 15.2. The molecule has 1 saturated heterocycles. The van der Waals surface area contributed by atoms with Gasteiger partial charge in [-0.05, 0) is 43.3 Å². The number of para-hydroxylation sites is 1. The number of hydrogen-bond donors (Lipinski definition) is 3. The normalized spacial score (nSPS) is 15.2. The summed E-state index contributed by atoms with van der Waals surface area (Å²) in [5.74, 6) is -0.790. The lowest BCUT2D eigenvalue weighted by molar-refractivity contribution is -0.117. The Labute approximate surface area is 192 Å². The highest BCUT2D eigenvalue weighted by Gasteiger charge is 2.24. The summed E-state index contributed by atoms with van der Waals surface area (Å²) >= 11 is 6.38. The van der Waals surface area contributed by atoms with E-state index in [9.17, 15) is 18.0 Å². The minimum Gasteiger partial charge on any atom is -0.378 e. The van der Waals surface area contributed by atoms with Crippen LogP contribution in [-0.4, -0.2) is 52.6 Å². The summed E-state index contributed by atoms with van der Waals surface area (Å²) in [5, 5.41) is 5.82. The van der Waals surface area contributed by atoms with E-state index in [4.69, 9.17) is 16.3 Å². The van der Waals surface area contributed by atoms with Gasteiger partial charge in [-0.15, -0.1) is 0 Å². The minimum atomic E-state index is -3.96. The molecule has 1 fully saturated rings. The Morgan fingerprint density at radius 2 is 1.72 bits per heavy atom. The van der Waals surface area contributed by atoms with Gasteiger partial charge in [0.25, 0.3) is 0 Å². The van der Waals surface area contributed by atoms with Crippen molar-refractivity contribution in [2.24, 2.45) is 0 Å². The monoisotopic (exact) mass is 480 g/mol. The first-order valence-electron chi connectivity index (χ1n) is 9.99. The lowest BCUT2D eigenvalue weighted by atomic mass is 10.2. The number of hydrogen-bond acceptors (Lipinski definition) is 6. The summed E-state index contributed by atoms with van der Waals surface area (Å²) in [6.07, 6.45) is 0. The molecule has 2 amide bonds. The largest absolute Gasteiger partial charge is 0.378 e. The quantitative estimate of drug-likeness (QED) is 0.560. The zero-order valence-corrected chi connectivity index (χ0v) is 19.3. The van der Waals surface area contributed by atoms with Crippen molar-refractivity contribution in [3.05, 3.63) is 47.5 Å². The Morgan fingerprint density at radius 3 is 2.34 bits per heavy atom. The summed E-state index contributed by atoms with van der Waals surface area (Å²) in [7, 11) is -3.96. The van der Waals surface area contributed by atoms with E-state index in [-0.39, 0.29) is 10.8 Å². The number of amides is 2. The highest BCUT2D eigenvalue weighted by atomic mass is 35.5. The molecule has 9 nitrogen and oxygen atoms in total. The number of nitrogens with zero attached hydrogens (tertiary/aromatic N) is 1. The van der Waals surface area contributed by atoms with Gasteiger partial charge >= 0.3 is 0 Å². The predicted molar refractivity (Wildman–Crippen MR) is 124 cm³/mol. The van der Waals surface area contributed by atoms with Gasteiger partial charge in [0.1, 0.15) is 0 Å². The van der Waals surface area contributed by atoms with Crippen LogP contribution in [0.25, 0.3) is 0 Å². The zero-order chi connectivity index (χ0) is 23.3. The van der Waals surface area contributed by atoms with Gasteiger partial charge in [0.15, 0.2) is 0 Å². The van der Waals surface area contributed by atoms with Crippen molar-refractivity contribution >= 4 is 50.5 Å². The molecular formula is C21H25ClN4O5S. The molecule has 1 aliphatic rings. The van der Waals surface area contributed by atoms with E-state index < -0.39 is 22.0 Å². The molecule has 0 aliphatic carbocycles. The topological polar surface area (TPSA) is 117 Å². The fourth-order valence-corrected chi connectivity index (χ4v) is 4.74. The third kappa shape index (κ3) is 5.98. The van der Waals surface area contributed by atoms with Gasteiger partial charge in [0.05, 0.1) is 40.5 Å². The molecule has 1 aliphatic heterocycles. The maximum absolute atomic E-state index is 12.8. The summed E-state index contributed by atoms with van der Waals surface area (Å²) in [4.78, 5) is 25.9. The van der Waals surface area contributed by atoms with E-state index in [1.165, 1.54) is 38.1 Å². The summed E-state index contributed by atoms with van der Waals surface area (Å²) in [6.45, 7) is 5.17. The van der Waals surface area contributed by atoms with Gasteiger partial charge in [-0.1, -0.05) is 17.7 Å². The third-order valence-corrected chi connectivity index (χ3v) is 6.64. The minimum absolute atomic E-state index is 0.0250. The van der Waals surface area contributed by atoms with Gasteiger partial charge in [-0.25, -0.2) is 8.42 Å². The van der Waals surface area contributed by atoms with Gasteiger partial charge in [-0.2, -0.15) is 4.72 Å². The summed E-state index contributed by atoms with van der Waals surface area (Å²) in [5.41, 5.74) is 1.64. The maximum atomic E-state index is 12.8. The standard InChI is InChI=1S/C21H25ClN4O5S/c1-14(25-32(29,30)17-8-6-16(7-9-17)23-15(2)27)21(28)24-19-5-3-4-18(22)20(19)26-10-12-31-13-11-26/h3-9,14,25H,10-13H2,1-2H3,(H,23,27)(H,24,28)/t14-/m0/s1. The molecule has 0 spiro atoms. The van der Waals surface area contributed by atoms with E-state index in [1.54, 1.807) is 18.2 Å². The average Bonchev–Trinajstić information content (AvgIpc) is 2.74. The molecule has 2 aromatic rings. The van der Waals surface area contributed by atoms with Crippen molar-refractivity contribution in [2.45, 2.75) is 24.8 Å². The maximum Gasteiger partial charge on any atom is 0.242 e. The molecule has 0 aromatic heterocycles. The predicted octanol–water partition coefficient (Wildman–Crippen LogP) is 2.44. The van der Waals surface area contributed by atoms with Crippen molar-refractivity contribution in [1.29, 1.82) is 0 Å². The Morgan fingerprint density at radius 1 is 1.06 bits per heavy atom. The van der Waals surface area contributed by atoms with Gasteiger partial charge < -0.3 is 20.3 Å². The number of benzene rings is 2. The molecule has 172 valence electrons. The number of ether oxygens (including phenoxy) is 1. The molecule has 1 atom stereocenters. The van der Waals surface area contributed by atoms with Gasteiger partial charge in [0, 0.05) is 25.7 Å². The lowest BCUT2D eigenvalue weighted by Gasteiger charge is -2.31. The third-order valence-electron chi connectivity index (χ3n) is 4.78. The van der Waals surface area contributed by atoms with Crippen molar-refractivity contribution in [3.63, 3.8) is 0 Å². The molecule has 0 unspecified atom stereocenters. The first kappa shape index (κ1) is 24.0. The van der Waals surface area contributed by atoms with Crippen LogP contribution in [0.3, 0.4) is 0 Å². The molecule has 1 heterocycles. The number of carbonyl (C=O) groups excluding carboxylic acids is 2. The Balaban J connectivity index is 1.71. The smallest absolute Gasteiger partial charge is 0.242 e. The molecule has 3 N–H and O–H groups in total. The number of sulfonamides is 1. The van der Waals surface area contributed by atoms with E-state index in [0.29, 0.717) is 48.4 Å². The fraction of sp³-hybridized carbons (Fsp3) is 0.333. The van der Waals surface area contributed by atoms with Crippen LogP contribution in [-0.2, 0) is 24.3 Å². The van der Waals surface area contributed by atoms with Crippen molar-refractivity contribution in [3.8, 4) is 0 Å².